The summed E-state index contributed by atoms with van der Waals surface area (Å²) in [6, 6.07) is 31.3. The molecule has 2 aliphatic rings. The maximum Gasteiger partial charge on any atom is 0.226 e. The smallest absolute Gasteiger partial charge is 0.226 e. The van der Waals surface area contributed by atoms with Gasteiger partial charge in [-0.2, -0.15) is 5.26 Å². The molecule has 2 aliphatic heterocycles. The zero-order valence-corrected chi connectivity index (χ0v) is 24.5. The highest BCUT2D eigenvalue weighted by Gasteiger charge is 2.40. The van der Waals surface area contributed by atoms with E-state index < -0.39 is 0 Å². The van der Waals surface area contributed by atoms with Crippen LogP contribution in [0, 0.1) is 11.3 Å². The molecule has 0 radical (unpaired) electrons. The van der Waals surface area contributed by atoms with Gasteiger partial charge in [0.1, 0.15) is 23.1 Å². The van der Waals surface area contributed by atoms with Crippen LogP contribution < -0.4 is 10.6 Å². The van der Waals surface area contributed by atoms with Crippen molar-refractivity contribution in [2.75, 3.05) is 23.7 Å². The van der Waals surface area contributed by atoms with E-state index in [1.807, 2.05) is 42.5 Å². The van der Waals surface area contributed by atoms with Gasteiger partial charge in [0.25, 0.3) is 0 Å². The van der Waals surface area contributed by atoms with Crippen LogP contribution in [0.3, 0.4) is 0 Å². The normalized spacial score (nSPS) is 17.9. The van der Waals surface area contributed by atoms with Gasteiger partial charge in [0, 0.05) is 55.4 Å². The molecule has 0 amide bonds. The van der Waals surface area contributed by atoms with E-state index in [9.17, 15) is 5.26 Å². The van der Waals surface area contributed by atoms with E-state index in [1.165, 1.54) is 5.56 Å². The first-order valence-corrected chi connectivity index (χ1v) is 15.1. The predicted molar refractivity (Wildman–Crippen MR) is 173 cm³/mol. The largest absolute Gasteiger partial charge is 0.383 e. The Morgan fingerprint density at radius 1 is 0.800 bits per heavy atom. The Labute approximate surface area is 260 Å². The number of rotatable bonds is 6. The molecular formula is C35H30N10. The van der Waals surface area contributed by atoms with Crippen LogP contribution in [-0.2, 0) is 6.54 Å². The lowest BCUT2D eigenvalue weighted by Crippen LogP contribution is -2.53. The molecule has 10 nitrogen and oxygen atoms in total. The van der Waals surface area contributed by atoms with Gasteiger partial charge in [-0.1, -0.05) is 42.5 Å². The molecule has 220 valence electrons. The van der Waals surface area contributed by atoms with Crippen LogP contribution in [0.25, 0.3) is 39.5 Å². The zero-order valence-electron chi connectivity index (χ0n) is 24.5. The Morgan fingerprint density at radius 3 is 2.36 bits per heavy atom. The lowest BCUT2D eigenvalue weighted by atomic mass is 10.1. The molecule has 0 spiro atoms. The Bertz CT molecular complexity index is 2030. The van der Waals surface area contributed by atoms with Crippen molar-refractivity contribution in [2.24, 2.45) is 0 Å². The van der Waals surface area contributed by atoms with Crippen LogP contribution in [0.1, 0.15) is 24.1 Å². The van der Waals surface area contributed by atoms with Crippen LogP contribution in [-0.4, -0.2) is 59.6 Å². The fraction of sp³-hybridized carbons (Fsp3) is 0.200. The van der Waals surface area contributed by atoms with Crippen LogP contribution in [0.4, 0.5) is 11.8 Å². The van der Waals surface area contributed by atoms with Gasteiger partial charge in [0.05, 0.1) is 11.3 Å². The summed E-state index contributed by atoms with van der Waals surface area (Å²) in [5.41, 5.74) is 13.2. The van der Waals surface area contributed by atoms with Crippen molar-refractivity contribution in [2.45, 2.75) is 31.5 Å². The molecule has 0 aliphatic carbocycles. The van der Waals surface area contributed by atoms with Crippen molar-refractivity contribution in [1.82, 2.24) is 34.4 Å². The number of nitrogens with zero attached hydrogens (tertiary/aromatic N) is 9. The van der Waals surface area contributed by atoms with E-state index in [1.54, 1.807) is 18.5 Å². The van der Waals surface area contributed by atoms with E-state index in [0.29, 0.717) is 35.4 Å². The standard InChI is InChI=1S/C35H30N10/c36-19-25-16-18-39-35(40-25)43-21-27-12-13-28(22-43)44(27)20-23-8-10-26(11-9-23)45-33(29-7-4-17-38-32(29)37)42-31-15-14-30(41-34(31)45)24-5-2-1-3-6-24/h1-11,14-18,27-28H,12-13,20-22H2,(H2,37,38). The average molecular weight is 591 g/mol. The summed E-state index contributed by atoms with van der Waals surface area (Å²) in [6.45, 7) is 2.58. The molecule has 45 heavy (non-hydrogen) atoms. The molecule has 6 heterocycles. The zero-order chi connectivity index (χ0) is 30.3. The predicted octanol–water partition coefficient (Wildman–Crippen LogP) is 5.25. The van der Waals surface area contributed by atoms with Crippen molar-refractivity contribution in [3.63, 3.8) is 0 Å². The average Bonchev–Trinajstić information content (AvgIpc) is 3.57. The van der Waals surface area contributed by atoms with Gasteiger partial charge in [0.15, 0.2) is 11.5 Å². The Hall–Kier alpha value is -5.66. The number of aromatic nitrogens is 6. The van der Waals surface area contributed by atoms with Gasteiger partial charge >= 0.3 is 0 Å². The molecule has 2 bridgehead atoms. The fourth-order valence-electron chi connectivity index (χ4n) is 6.69. The number of anilines is 2. The summed E-state index contributed by atoms with van der Waals surface area (Å²) in [5.74, 6) is 1.78. The van der Waals surface area contributed by atoms with Crippen molar-refractivity contribution in [1.29, 1.82) is 5.26 Å². The van der Waals surface area contributed by atoms with Crippen LogP contribution >= 0.6 is 0 Å². The van der Waals surface area contributed by atoms with E-state index in [-0.39, 0.29) is 0 Å². The Kier molecular flexibility index (Phi) is 6.65. The number of hydrogen-bond acceptors (Lipinski definition) is 9. The minimum atomic E-state index is 0.404. The third-order valence-electron chi connectivity index (χ3n) is 8.89. The molecular weight excluding hydrogens is 560 g/mol. The molecule has 6 aromatic rings. The van der Waals surface area contributed by atoms with Gasteiger partial charge in [-0.3, -0.25) is 9.47 Å². The van der Waals surface area contributed by atoms with Gasteiger partial charge in [0.2, 0.25) is 5.95 Å². The number of imidazole rings is 1. The molecule has 8 rings (SSSR count). The number of benzene rings is 2. The third kappa shape index (κ3) is 4.93. The summed E-state index contributed by atoms with van der Waals surface area (Å²) in [7, 11) is 0. The number of nitrogen functional groups attached to an aromatic ring is 1. The maximum atomic E-state index is 9.28. The first kappa shape index (κ1) is 26.9. The van der Waals surface area contributed by atoms with Gasteiger partial charge in [-0.25, -0.2) is 24.9 Å². The number of nitriles is 1. The first-order valence-electron chi connectivity index (χ1n) is 15.1. The maximum absolute atomic E-state index is 9.28. The van der Waals surface area contributed by atoms with Crippen molar-refractivity contribution >= 4 is 22.9 Å². The summed E-state index contributed by atoms with van der Waals surface area (Å²) >= 11 is 0. The summed E-state index contributed by atoms with van der Waals surface area (Å²) < 4.78 is 2.08. The minimum Gasteiger partial charge on any atom is -0.383 e. The van der Waals surface area contributed by atoms with Gasteiger partial charge in [-0.15, -0.1) is 0 Å². The number of hydrogen-bond donors (Lipinski definition) is 1. The minimum absolute atomic E-state index is 0.404. The highest BCUT2D eigenvalue weighted by molar-refractivity contribution is 5.84. The summed E-state index contributed by atoms with van der Waals surface area (Å²) in [6.07, 6.45) is 5.65. The topological polar surface area (TPSA) is 126 Å². The molecule has 2 saturated heterocycles. The summed E-state index contributed by atoms with van der Waals surface area (Å²) in [4.78, 5) is 28.1. The van der Waals surface area contributed by atoms with Crippen LogP contribution in [0.2, 0.25) is 0 Å². The van der Waals surface area contributed by atoms with Crippen molar-refractivity contribution < 1.29 is 0 Å². The Balaban J connectivity index is 1.10. The molecule has 2 atom stereocenters. The molecule has 2 aromatic carbocycles. The van der Waals surface area contributed by atoms with Gasteiger partial charge < -0.3 is 10.6 Å². The van der Waals surface area contributed by atoms with E-state index in [2.05, 4.69) is 71.8 Å². The molecule has 2 unspecified atom stereocenters. The second-order valence-electron chi connectivity index (χ2n) is 11.6. The monoisotopic (exact) mass is 590 g/mol. The van der Waals surface area contributed by atoms with E-state index in [4.69, 9.17) is 15.7 Å². The summed E-state index contributed by atoms with van der Waals surface area (Å²) in [5, 5.41) is 9.28. The van der Waals surface area contributed by atoms with Crippen molar-refractivity contribution in [3.05, 3.63) is 109 Å². The number of pyridine rings is 2. The number of fused-ring (bicyclic) bond motifs is 3. The molecule has 0 saturated carbocycles. The second-order valence-corrected chi connectivity index (χ2v) is 11.6. The van der Waals surface area contributed by atoms with E-state index in [0.717, 1.165) is 66.1 Å². The second kappa shape index (κ2) is 11.1. The third-order valence-corrected chi connectivity index (χ3v) is 8.89. The molecule has 2 fully saturated rings. The quantitative estimate of drug-likeness (QED) is 0.277. The van der Waals surface area contributed by atoms with Crippen molar-refractivity contribution in [3.8, 4) is 34.4 Å². The van der Waals surface area contributed by atoms with Crippen LogP contribution in [0.5, 0.6) is 0 Å². The molecule has 10 heteroatoms. The van der Waals surface area contributed by atoms with Gasteiger partial charge in [-0.05, 0) is 60.9 Å². The molecule has 4 aromatic heterocycles. The number of piperazine rings is 1. The molecule has 2 N–H and O–H groups in total. The first-order chi connectivity index (χ1) is 22.1. The lowest BCUT2D eigenvalue weighted by molar-refractivity contribution is 0.160. The SMILES string of the molecule is N#Cc1ccnc(N2CC3CCC(C2)N3Cc2ccc(-n3c(-c4cccnc4N)nc4ccc(-c5ccccc5)nc43)cc2)n1. The highest BCUT2D eigenvalue weighted by atomic mass is 15.4. The van der Waals surface area contributed by atoms with Crippen LogP contribution in [0.15, 0.2) is 97.3 Å². The lowest BCUT2D eigenvalue weighted by Gasteiger charge is -2.41. The van der Waals surface area contributed by atoms with E-state index >= 15 is 0 Å². The fourth-order valence-corrected chi connectivity index (χ4v) is 6.69. The highest BCUT2D eigenvalue weighted by Crippen LogP contribution is 2.34. The number of nitrogens with two attached hydrogens (primary N) is 1. The Morgan fingerprint density at radius 2 is 1.60 bits per heavy atom.